The van der Waals surface area contributed by atoms with E-state index < -0.39 is 5.82 Å². The Balaban J connectivity index is 2.64. The molecule has 0 saturated carbocycles. The van der Waals surface area contributed by atoms with Gasteiger partial charge in [-0.05, 0) is 30.0 Å². The number of benzene rings is 2. The second-order valence-corrected chi connectivity index (χ2v) is 5.02. The molecule has 0 aliphatic heterocycles. The first-order valence-corrected chi connectivity index (χ1v) is 6.66. The standard InChI is InChI=1S/C16H15ClF2/c1-3-10(2)11-6-4-7-12(16(11)19)15-13(17)8-5-9-14(15)18/h4-10H,3H2,1-2H3. The molecule has 0 N–H and O–H groups in total. The van der Waals surface area contributed by atoms with E-state index >= 15 is 0 Å². The van der Waals surface area contributed by atoms with Gasteiger partial charge in [-0.15, -0.1) is 0 Å². The van der Waals surface area contributed by atoms with Crippen LogP contribution in [0.15, 0.2) is 36.4 Å². The molecule has 19 heavy (non-hydrogen) atoms. The van der Waals surface area contributed by atoms with Crippen LogP contribution in [0.4, 0.5) is 8.78 Å². The lowest BCUT2D eigenvalue weighted by molar-refractivity contribution is 0.583. The molecule has 0 aromatic heterocycles. The number of rotatable bonds is 3. The van der Waals surface area contributed by atoms with Gasteiger partial charge in [-0.2, -0.15) is 0 Å². The largest absolute Gasteiger partial charge is 0.206 e. The van der Waals surface area contributed by atoms with E-state index in [1.807, 2.05) is 13.8 Å². The van der Waals surface area contributed by atoms with Crippen LogP contribution in [-0.4, -0.2) is 0 Å². The fourth-order valence-electron chi connectivity index (χ4n) is 2.10. The van der Waals surface area contributed by atoms with Crippen molar-refractivity contribution >= 4 is 11.6 Å². The Kier molecular flexibility index (Phi) is 4.20. The summed E-state index contributed by atoms with van der Waals surface area (Å²) in [5.41, 5.74) is 0.951. The molecule has 0 bridgehead atoms. The summed E-state index contributed by atoms with van der Waals surface area (Å²) in [7, 11) is 0. The van der Waals surface area contributed by atoms with E-state index in [1.54, 1.807) is 24.3 Å². The third-order valence-electron chi connectivity index (χ3n) is 3.40. The molecule has 3 heteroatoms. The Labute approximate surface area is 117 Å². The maximum Gasteiger partial charge on any atom is 0.134 e. The van der Waals surface area contributed by atoms with Crippen molar-refractivity contribution in [2.75, 3.05) is 0 Å². The first-order chi connectivity index (χ1) is 9.06. The third-order valence-corrected chi connectivity index (χ3v) is 3.72. The van der Waals surface area contributed by atoms with Gasteiger partial charge in [0.25, 0.3) is 0 Å². The van der Waals surface area contributed by atoms with Crippen LogP contribution in [0.5, 0.6) is 0 Å². The van der Waals surface area contributed by atoms with Crippen molar-refractivity contribution in [2.45, 2.75) is 26.2 Å². The van der Waals surface area contributed by atoms with Crippen LogP contribution in [0.1, 0.15) is 31.7 Å². The van der Waals surface area contributed by atoms with E-state index in [-0.39, 0.29) is 27.9 Å². The van der Waals surface area contributed by atoms with Gasteiger partial charge < -0.3 is 0 Å². The molecule has 0 fully saturated rings. The highest BCUT2D eigenvalue weighted by molar-refractivity contribution is 6.33. The van der Waals surface area contributed by atoms with E-state index in [1.165, 1.54) is 12.1 Å². The Morgan fingerprint density at radius 3 is 2.42 bits per heavy atom. The summed E-state index contributed by atoms with van der Waals surface area (Å²) in [6, 6.07) is 9.40. The summed E-state index contributed by atoms with van der Waals surface area (Å²) in [6.07, 6.45) is 0.825. The summed E-state index contributed by atoms with van der Waals surface area (Å²) in [4.78, 5) is 0. The van der Waals surface area contributed by atoms with E-state index in [0.717, 1.165) is 6.42 Å². The molecular weight excluding hydrogens is 266 g/mol. The van der Waals surface area contributed by atoms with E-state index in [9.17, 15) is 8.78 Å². The third kappa shape index (κ3) is 2.64. The number of halogens is 3. The molecule has 0 nitrogen and oxygen atoms in total. The minimum atomic E-state index is -0.507. The van der Waals surface area contributed by atoms with Gasteiger partial charge in [-0.25, -0.2) is 8.78 Å². The molecule has 0 spiro atoms. The molecule has 1 atom stereocenters. The van der Waals surface area contributed by atoms with Gasteiger partial charge in [0.2, 0.25) is 0 Å². The summed E-state index contributed by atoms with van der Waals surface area (Å²) < 4.78 is 28.4. The lowest BCUT2D eigenvalue weighted by Crippen LogP contribution is -1.99. The van der Waals surface area contributed by atoms with Crippen LogP contribution in [0.2, 0.25) is 5.02 Å². The maximum absolute atomic E-state index is 14.5. The topological polar surface area (TPSA) is 0 Å². The van der Waals surface area contributed by atoms with Crippen molar-refractivity contribution in [3.63, 3.8) is 0 Å². The summed E-state index contributed by atoms with van der Waals surface area (Å²) in [5, 5.41) is 0.222. The van der Waals surface area contributed by atoms with Crippen LogP contribution >= 0.6 is 11.6 Å². The predicted molar refractivity (Wildman–Crippen MR) is 75.5 cm³/mol. The zero-order valence-electron chi connectivity index (χ0n) is 10.9. The molecule has 1 unspecified atom stereocenters. The lowest BCUT2D eigenvalue weighted by atomic mass is 9.93. The first kappa shape index (κ1) is 14.0. The van der Waals surface area contributed by atoms with Crippen molar-refractivity contribution in [2.24, 2.45) is 0 Å². The smallest absolute Gasteiger partial charge is 0.134 e. The fraction of sp³-hybridized carbons (Fsp3) is 0.250. The number of hydrogen-bond acceptors (Lipinski definition) is 0. The molecule has 100 valence electrons. The van der Waals surface area contributed by atoms with Gasteiger partial charge >= 0.3 is 0 Å². The molecule has 2 rings (SSSR count). The maximum atomic E-state index is 14.5. The van der Waals surface area contributed by atoms with E-state index in [0.29, 0.717) is 5.56 Å². The second-order valence-electron chi connectivity index (χ2n) is 4.61. The molecular formula is C16H15ClF2. The highest BCUT2D eigenvalue weighted by Crippen LogP contribution is 2.35. The first-order valence-electron chi connectivity index (χ1n) is 6.29. The van der Waals surface area contributed by atoms with Crippen molar-refractivity contribution in [3.05, 3.63) is 58.6 Å². The van der Waals surface area contributed by atoms with Crippen molar-refractivity contribution in [1.29, 1.82) is 0 Å². The van der Waals surface area contributed by atoms with Gasteiger partial charge in [0.1, 0.15) is 11.6 Å². The monoisotopic (exact) mass is 280 g/mol. The molecule has 0 aliphatic carbocycles. The Hall–Kier alpha value is -1.41. The Morgan fingerprint density at radius 2 is 1.79 bits per heavy atom. The zero-order chi connectivity index (χ0) is 14.0. The minimum absolute atomic E-state index is 0.0884. The average Bonchev–Trinajstić information content (AvgIpc) is 2.39. The SMILES string of the molecule is CCC(C)c1cccc(-c2c(F)cccc2Cl)c1F. The van der Waals surface area contributed by atoms with Crippen molar-refractivity contribution in [3.8, 4) is 11.1 Å². The molecule has 0 saturated heterocycles. The Bertz CT molecular complexity index is 573. The molecule has 2 aromatic carbocycles. The molecule has 0 amide bonds. The molecule has 2 aromatic rings. The fourth-order valence-corrected chi connectivity index (χ4v) is 2.36. The minimum Gasteiger partial charge on any atom is -0.206 e. The van der Waals surface area contributed by atoms with Gasteiger partial charge in [0.05, 0.1) is 5.02 Å². The van der Waals surface area contributed by atoms with Gasteiger partial charge in [-0.3, -0.25) is 0 Å². The quantitative estimate of drug-likeness (QED) is 0.666. The Morgan fingerprint density at radius 1 is 1.11 bits per heavy atom. The summed E-state index contributed by atoms with van der Waals surface area (Å²) in [6.45, 7) is 3.94. The number of hydrogen-bond donors (Lipinski definition) is 0. The normalized spacial score (nSPS) is 12.5. The average molecular weight is 281 g/mol. The van der Waals surface area contributed by atoms with E-state index in [2.05, 4.69) is 0 Å². The molecule has 0 aliphatic rings. The van der Waals surface area contributed by atoms with E-state index in [4.69, 9.17) is 11.6 Å². The second kappa shape index (κ2) is 5.70. The predicted octanol–water partition coefficient (Wildman–Crippen LogP) is 5.80. The van der Waals surface area contributed by atoms with Crippen LogP contribution in [0.3, 0.4) is 0 Å². The summed E-state index contributed by atoms with van der Waals surface area (Å²) in [5.74, 6) is -0.804. The molecule has 0 radical (unpaired) electrons. The van der Waals surface area contributed by atoms with Crippen LogP contribution in [0, 0.1) is 11.6 Å². The highest BCUT2D eigenvalue weighted by Gasteiger charge is 2.18. The van der Waals surface area contributed by atoms with Gasteiger partial charge in [0, 0.05) is 11.1 Å². The van der Waals surface area contributed by atoms with Crippen LogP contribution in [-0.2, 0) is 0 Å². The van der Waals surface area contributed by atoms with Gasteiger partial charge in [-0.1, -0.05) is 49.7 Å². The van der Waals surface area contributed by atoms with Crippen molar-refractivity contribution in [1.82, 2.24) is 0 Å². The summed E-state index contributed by atoms with van der Waals surface area (Å²) >= 11 is 6.00. The van der Waals surface area contributed by atoms with Crippen LogP contribution < -0.4 is 0 Å². The highest BCUT2D eigenvalue weighted by atomic mass is 35.5. The zero-order valence-corrected chi connectivity index (χ0v) is 11.6. The van der Waals surface area contributed by atoms with Crippen molar-refractivity contribution < 1.29 is 8.78 Å². The van der Waals surface area contributed by atoms with Crippen LogP contribution in [0.25, 0.3) is 11.1 Å². The molecule has 0 heterocycles. The lowest BCUT2D eigenvalue weighted by Gasteiger charge is -2.14. The van der Waals surface area contributed by atoms with Gasteiger partial charge in [0.15, 0.2) is 0 Å².